The Hall–Kier alpha value is -1.76. The first kappa shape index (κ1) is 11.7. The summed E-state index contributed by atoms with van der Waals surface area (Å²) >= 11 is 1.33. The van der Waals surface area contributed by atoms with Gasteiger partial charge in [0.1, 0.15) is 4.88 Å². The lowest BCUT2D eigenvalue weighted by Gasteiger charge is -2.09. The lowest BCUT2D eigenvalue weighted by Crippen LogP contribution is -2.27. The summed E-state index contributed by atoms with van der Waals surface area (Å²) in [4.78, 5) is 20.6. The van der Waals surface area contributed by atoms with E-state index in [1.54, 1.807) is 12.4 Å². The maximum Gasteiger partial charge on any atom is 0.263 e. The largest absolute Gasteiger partial charge is 0.343 e. The molecule has 6 nitrogen and oxygen atoms in total. The second kappa shape index (κ2) is 5.05. The van der Waals surface area contributed by atoms with Crippen molar-refractivity contribution in [2.75, 3.05) is 0 Å². The molecule has 1 N–H and O–H groups in total. The molecule has 0 bridgehead atoms. The Morgan fingerprint density at radius 3 is 3.06 bits per heavy atom. The number of aryl methyl sites for hydroxylation is 1. The van der Waals surface area contributed by atoms with Crippen molar-refractivity contribution in [2.45, 2.75) is 26.3 Å². The van der Waals surface area contributed by atoms with Gasteiger partial charge in [0.15, 0.2) is 5.82 Å². The molecule has 0 saturated carbocycles. The number of nitrogens with one attached hydrogen (secondary N) is 1. The molecule has 0 aliphatic rings. The monoisotopic (exact) mass is 252 g/mol. The van der Waals surface area contributed by atoms with Crippen molar-refractivity contribution >= 4 is 17.2 Å². The third-order valence-corrected chi connectivity index (χ3v) is 3.16. The van der Waals surface area contributed by atoms with Crippen LogP contribution in [-0.4, -0.2) is 21.0 Å². The van der Waals surface area contributed by atoms with Crippen molar-refractivity contribution in [3.8, 4) is 0 Å². The van der Waals surface area contributed by atoms with E-state index in [-0.39, 0.29) is 11.9 Å². The van der Waals surface area contributed by atoms with Gasteiger partial charge in [0.25, 0.3) is 5.91 Å². The zero-order chi connectivity index (χ0) is 12.3. The summed E-state index contributed by atoms with van der Waals surface area (Å²) in [5, 5.41) is 6.49. The summed E-state index contributed by atoms with van der Waals surface area (Å²) in [5.74, 6) is 0.308. The molecule has 1 unspecified atom stereocenters. The van der Waals surface area contributed by atoms with E-state index in [9.17, 15) is 4.79 Å². The molecule has 0 fully saturated rings. The van der Waals surface area contributed by atoms with E-state index in [1.807, 2.05) is 6.92 Å². The average molecular weight is 252 g/mol. The third-order valence-electron chi connectivity index (χ3n) is 2.30. The van der Waals surface area contributed by atoms with Gasteiger partial charge in [-0.2, -0.15) is 4.98 Å². The van der Waals surface area contributed by atoms with Crippen molar-refractivity contribution in [1.82, 2.24) is 20.4 Å². The van der Waals surface area contributed by atoms with Gasteiger partial charge in [-0.1, -0.05) is 12.1 Å². The Balaban J connectivity index is 2.07. The Bertz CT molecular complexity index is 494. The van der Waals surface area contributed by atoms with Gasteiger partial charge in [-0.25, -0.2) is 4.98 Å². The fraction of sp³-hybridized carbons (Fsp3) is 0.400. The normalized spacial score (nSPS) is 12.4. The van der Waals surface area contributed by atoms with Crippen LogP contribution in [0.25, 0.3) is 0 Å². The predicted octanol–water partition coefficient (Wildman–Crippen LogP) is 1.58. The highest BCUT2D eigenvalue weighted by atomic mass is 32.1. The van der Waals surface area contributed by atoms with Crippen LogP contribution in [0.1, 0.15) is 41.1 Å². The topological polar surface area (TPSA) is 80.9 Å². The van der Waals surface area contributed by atoms with Gasteiger partial charge < -0.3 is 9.84 Å². The van der Waals surface area contributed by atoms with E-state index in [1.165, 1.54) is 17.7 Å². The second-order valence-corrected chi connectivity index (χ2v) is 4.32. The maximum absolute atomic E-state index is 12.0. The van der Waals surface area contributed by atoms with Crippen LogP contribution in [0.3, 0.4) is 0 Å². The molecule has 2 aromatic rings. The third kappa shape index (κ3) is 2.50. The zero-order valence-corrected chi connectivity index (χ0v) is 10.3. The lowest BCUT2D eigenvalue weighted by atomic mass is 10.2. The Kier molecular flexibility index (Phi) is 3.48. The van der Waals surface area contributed by atoms with Crippen molar-refractivity contribution in [1.29, 1.82) is 0 Å². The summed E-state index contributed by atoms with van der Waals surface area (Å²) < 4.78 is 4.63. The maximum atomic E-state index is 12.0. The van der Waals surface area contributed by atoms with E-state index in [0.29, 0.717) is 10.7 Å². The number of carbonyl (C=O) groups excluding carboxylic acids is 1. The number of amides is 1. The molecule has 2 heterocycles. The molecule has 0 saturated heterocycles. The summed E-state index contributed by atoms with van der Waals surface area (Å²) in [7, 11) is 0. The van der Waals surface area contributed by atoms with Crippen LogP contribution in [0, 0.1) is 0 Å². The van der Waals surface area contributed by atoms with E-state index in [0.717, 1.165) is 12.1 Å². The van der Waals surface area contributed by atoms with Crippen LogP contribution in [0.5, 0.6) is 0 Å². The number of hydrogen-bond donors (Lipinski definition) is 1. The summed E-state index contributed by atoms with van der Waals surface area (Å²) in [5.41, 5.74) is 2.49. The molecule has 0 aliphatic carbocycles. The van der Waals surface area contributed by atoms with Crippen LogP contribution in [0.2, 0.25) is 0 Å². The summed E-state index contributed by atoms with van der Waals surface area (Å²) in [6, 6.07) is -0.284. The molecule has 1 amide bonds. The molecule has 0 radical (unpaired) electrons. The molecular weight excluding hydrogens is 240 g/mol. The van der Waals surface area contributed by atoms with Crippen molar-refractivity contribution < 1.29 is 9.32 Å². The molecule has 17 heavy (non-hydrogen) atoms. The average Bonchev–Trinajstić information content (AvgIpc) is 2.99. The number of nitrogens with zero attached hydrogens (tertiary/aromatic N) is 3. The molecule has 90 valence electrons. The molecule has 1 atom stereocenters. The minimum Gasteiger partial charge on any atom is -0.343 e. The van der Waals surface area contributed by atoms with Gasteiger partial charge >= 0.3 is 0 Å². The SMILES string of the molecule is CCc1ncsc1C(=O)NC(C)c1ncon1. The smallest absolute Gasteiger partial charge is 0.263 e. The fourth-order valence-corrected chi connectivity index (χ4v) is 2.19. The van der Waals surface area contributed by atoms with Gasteiger partial charge in [0.05, 0.1) is 17.2 Å². The first-order chi connectivity index (χ1) is 8.22. The molecular formula is C10H12N4O2S. The number of carbonyl (C=O) groups is 1. The lowest BCUT2D eigenvalue weighted by molar-refractivity contribution is 0.0941. The van der Waals surface area contributed by atoms with E-state index >= 15 is 0 Å². The molecule has 7 heteroatoms. The van der Waals surface area contributed by atoms with Crippen molar-refractivity contribution in [3.63, 3.8) is 0 Å². The quantitative estimate of drug-likeness (QED) is 0.893. The highest BCUT2D eigenvalue weighted by Gasteiger charge is 2.18. The molecule has 0 aromatic carbocycles. The Morgan fingerprint density at radius 2 is 2.41 bits per heavy atom. The molecule has 0 spiro atoms. The van der Waals surface area contributed by atoms with Gasteiger partial charge in [0.2, 0.25) is 6.39 Å². The molecule has 0 aliphatic heterocycles. The van der Waals surface area contributed by atoms with Crippen LogP contribution in [-0.2, 0) is 6.42 Å². The minimum atomic E-state index is -0.284. The number of thiazole rings is 1. The van der Waals surface area contributed by atoms with Crippen molar-refractivity contribution in [3.05, 3.63) is 28.3 Å². The molecule has 2 rings (SSSR count). The Labute approximate surface area is 102 Å². The predicted molar refractivity (Wildman–Crippen MR) is 61.7 cm³/mol. The van der Waals surface area contributed by atoms with E-state index < -0.39 is 0 Å². The minimum absolute atomic E-state index is 0.151. The fourth-order valence-electron chi connectivity index (χ4n) is 1.40. The highest BCUT2D eigenvalue weighted by Crippen LogP contribution is 2.15. The van der Waals surface area contributed by atoms with Crippen LogP contribution in [0.4, 0.5) is 0 Å². The highest BCUT2D eigenvalue weighted by molar-refractivity contribution is 7.11. The van der Waals surface area contributed by atoms with Gasteiger partial charge in [-0.15, -0.1) is 11.3 Å². The van der Waals surface area contributed by atoms with Crippen molar-refractivity contribution in [2.24, 2.45) is 0 Å². The summed E-state index contributed by atoms with van der Waals surface area (Å²) in [6.07, 6.45) is 1.98. The van der Waals surface area contributed by atoms with Gasteiger partial charge in [-0.3, -0.25) is 4.79 Å². The van der Waals surface area contributed by atoms with Gasteiger partial charge in [0, 0.05) is 0 Å². The number of rotatable bonds is 4. The summed E-state index contributed by atoms with van der Waals surface area (Å²) in [6.45, 7) is 3.77. The first-order valence-electron chi connectivity index (χ1n) is 5.21. The van der Waals surface area contributed by atoms with Crippen LogP contribution >= 0.6 is 11.3 Å². The second-order valence-electron chi connectivity index (χ2n) is 3.47. The van der Waals surface area contributed by atoms with Crippen LogP contribution in [0.15, 0.2) is 16.4 Å². The van der Waals surface area contributed by atoms with Crippen LogP contribution < -0.4 is 5.32 Å². The molecule has 2 aromatic heterocycles. The standard InChI is InChI=1S/C10H12N4O2S/c1-3-7-8(17-5-12-7)10(15)13-6(2)9-11-4-16-14-9/h4-6H,3H2,1-2H3,(H,13,15). The number of aromatic nitrogens is 3. The first-order valence-corrected chi connectivity index (χ1v) is 6.09. The number of hydrogen-bond acceptors (Lipinski definition) is 6. The Morgan fingerprint density at radius 1 is 1.59 bits per heavy atom. The van der Waals surface area contributed by atoms with Gasteiger partial charge in [-0.05, 0) is 13.3 Å². The zero-order valence-electron chi connectivity index (χ0n) is 9.51. The van der Waals surface area contributed by atoms with E-state index in [2.05, 4.69) is 25.0 Å². The van der Waals surface area contributed by atoms with E-state index in [4.69, 9.17) is 0 Å².